The summed E-state index contributed by atoms with van der Waals surface area (Å²) in [4.78, 5) is 36.6. The van der Waals surface area contributed by atoms with Crippen LogP contribution in [0.2, 0.25) is 0 Å². The third-order valence-electron chi connectivity index (χ3n) is 4.63. The van der Waals surface area contributed by atoms with Gasteiger partial charge >= 0.3 is 11.7 Å². The van der Waals surface area contributed by atoms with E-state index in [0.29, 0.717) is 16.8 Å². The van der Waals surface area contributed by atoms with Gasteiger partial charge in [0.25, 0.3) is 5.91 Å². The maximum atomic E-state index is 12.4. The van der Waals surface area contributed by atoms with Gasteiger partial charge in [0.15, 0.2) is 11.7 Å². The zero-order valence-electron chi connectivity index (χ0n) is 16.7. The Morgan fingerprint density at radius 2 is 1.76 bits per heavy atom. The molecule has 1 atom stereocenters. The number of nitrogens with zero attached hydrogens (tertiary/aromatic N) is 1. The van der Waals surface area contributed by atoms with E-state index < -0.39 is 23.7 Å². The minimum atomic E-state index is -0.958. The second kappa shape index (κ2) is 8.77. The molecule has 0 aliphatic carbocycles. The molecule has 1 aromatic heterocycles. The Kier molecular flexibility index (Phi) is 6.16. The summed E-state index contributed by atoms with van der Waals surface area (Å²) in [5.41, 5.74) is 2.78. The molecular formula is C22H24N2O5. The van der Waals surface area contributed by atoms with E-state index in [-0.39, 0.29) is 18.9 Å². The van der Waals surface area contributed by atoms with E-state index in [1.54, 1.807) is 24.3 Å². The molecule has 7 heteroatoms. The average molecular weight is 396 g/mol. The highest BCUT2D eigenvalue weighted by Gasteiger charge is 2.20. The molecule has 0 aliphatic rings. The van der Waals surface area contributed by atoms with Crippen molar-refractivity contribution in [1.82, 2.24) is 4.57 Å². The van der Waals surface area contributed by atoms with E-state index in [1.807, 2.05) is 38.1 Å². The van der Waals surface area contributed by atoms with Crippen molar-refractivity contribution in [2.45, 2.75) is 45.8 Å². The van der Waals surface area contributed by atoms with Crippen LogP contribution >= 0.6 is 0 Å². The monoisotopic (exact) mass is 396 g/mol. The molecule has 7 nitrogen and oxygen atoms in total. The van der Waals surface area contributed by atoms with Gasteiger partial charge in [-0.15, -0.1) is 0 Å². The van der Waals surface area contributed by atoms with Crippen LogP contribution in [0, 0.1) is 0 Å². The number of carbonyl (C=O) groups is 2. The molecule has 0 bridgehead atoms. The van der Waals surface area contributed by atoms with Gasteiger partial charge in [0, 0.05) is 12.2 Å². The Morgan fingerprint density at radius 3 is 2.52 bits per heavy atom. The summed E-state index contributed by atoms with van der Waals surface area (Å²) in [5, 5.41) is 2.81. The molecule has 152 valence electrons. The predicted octanol–water partition coefficient (Wildman–Crippen LogP) is 3.68. The molecule has 3 aromatic rings. The SMILES string of the molecule is CC(C)c1ccccc1NC(=O)[C@H](C)OC(=O)CCn1c(=O)oc2ccccc21. The van der Waals surface area contributed by atoms with E-state index in [9.17, 15) is 14.4 Å². The van der Waals surface area contributed by atoms with Crippen molar-refractivity contribution >= 4 is 28.7 Å². The number of carbonyl (C=O) groups excluding carboxylic acids is 2. The summed E-state index contributed by atoms with van der Waals surface area (Å²) >= 11 is 0. The molecule has 1 heterocycles. The third kappa shape index (κ3) is 4.74. The highest BCUT2D eigenvalue weighted by Crippen LogP contribution is 2.24. The van der Waals surface area contributed by atoms with Crippen molar-refractivity contribution in [2.24, 2.45) is 0 Å². The number of amides is 1. The number of aromatic nitrogens is 1. The van der Waals surface area contributed by atoms with Crippen LogP contribution in [0.4, 0.5) is 5.69 Å². The van der Waals surface area contributed by atoms with Crippen LogP contribution < -0.4 is 11.1 Å². The van der Waals surface area contributed by atoms with Gasteiger partial charge in [0.1, 0.15) is 0 Å². The Bertz CT molecular complexity index is 1080. The molecule has 1 N–H and O–H groups in total. The van der Waals surface area contributed by atoms with Crippen molar-refractivity contribution < 1.29 is 18.7 Å². The van der Waals surface area contributed by atoms with Gasteiger partial charge in [-0.3, -0.25) is 14.2 Å². The Balaban J connectivity index is 1.58. The fourth-order valence-electron chi connectivity index (χ4n) is 3.09. The molecule has 0 unspecified atom stereocenters. The number of fused-ring (bicyclic) bond motifs is 1. The van der Waals surface area contributed by atoms with Gasteiger partial charge in [-0.2, -0.15) is 0 Å². The second-order valence-electron chi connectivity index (χ2n) is 7.10. The van der Waals surface area contributed by atoms with E-state index in [0.717, 1.165) is 5.56 Å². The van der Waals surface area contributed by atoms with Crippen LogP contribution in [-0.2, 0) is 20.9 Å². The Hall–Kier alpha value is -3.35. The first kappa shape index (κ1) is 20.4. The van der Waals surface area contributed by atoms with Gasteiger partial charge in [-0.25, -0.2) is 4.79 Å². The van der Waals surface area contributed by atoms with E-state index in [4.69, 9.17) is 9.15 Å². The molecule has 0 saturated heterocycles. The molecular weight excluding hydrogens is 372 g/mol. The molecule has 0 aliphatic heterocycles. The number of hydrogen-bond donors (Lipinski definition) is 1. The number of oxazole rings is 1. The van der Waals surface area contributed by atoms with E-state index in [2.05, 4.69) is 5.32 Å². The predicted molar refractivity (Wildman–Crippen MR) is 110 cm³/mol. The summed E-state index contributed by atoms with van der Waals surface area (Å²) < 4.78 is 11.8. The average Bonchev–Trinajstić information content (AvgIpc) is 3.01. The fraction of sp³-hybridized carbons (Fsp3) is 0.318. The smallest absolute Gasteiger partial charge is 0.419 e. The standard InChI is InChI=1S/C22H24N2O5/c1-14(2)16-8-4-5-9-17(16)23-21(26)15(3)28-20(25)12-13-24-18-10-6-7-11-19(18)29-22(24)27/h4-11,14-15H,12-13H2,1-3H3,(H,23,26)/t15-/m0/s1. The molecule has 0 spiro atoms. The van der Waals surface area contributed by atoms with Crippen molar-refractivity contribution in [3.05, 3.63) is 64.6 Å². The van der Waals surface area contributed by atoms with Crippen molar-refractivity contribution in [3.63, 3.8) is 0 Å². The van der Waals surface area contributed by atoms with E-state index in [1.165, 1.54) is 11.5 Å². The first-order valence-electron chi connectivity index (χ1n) is 9.54. The number of ether oxygens (including phenoxy) is 1. The normalized spacial score (nSPS) is 12.1. The first-order valence-corrected chi connectivity index (χ1v) is 9.54. The van der Waals surface area contributed by atoms with Crippen LogP contribution in [0.15, 0.2) is 57.7 Å². The number of aryl methyl sites for hydroxylation is 1. The number of anilines is 1. The van der Waals surface area contributed by atoms with Gasteiger partial charge in [-0.1, -0.05) is 44.2 Å². The number of hydrogen-bond acceptors (Lipinski definition) is 5. The van der Waals surface area contributed by atoms with Crippen molar-refractivity contribution in [1.29, 1.82) is 0 Å². The zero-order chi connectivity index (χ0) is 21.0. The molecule has 29 heavy (non-hydrogen) atoms. The number of esters is 1. The zero-order valence-corrected chi connectivity index (χ0v) is 16.7. The van der Waals surface area contributed by atoms with Crippen molar-refractivity contribution in [2.75, 3.05) is 5.32 Å². The Morgan fingerprint density at radius 1 is 1.07 bits per heavy atom. The molecule has 3 rings (SSSR count). The number of benzene rings is 2. The maximum Gasteiger partial charge on any atom is 0.419 e. The lowest BCUT2D eigenvalue weighted by Crippen LogP contribution is -2.31. The molecule has 2 aromatic carbocycles. The third-order valence-corrected chi connectivity index (χ3v) is 4.63. The summed E-state index contributed by atoms with van der Waals surface area (Å²) in [7, 11) is 0. The fourth-order valence-corrected chi connectivity index (χ4v) is 3.09. The lowest BCUT2D eigenvalue weighted by Gasteiger charge is -2.17. The van der Waals surface area contributed by atoms with E-state index >= 15 is 0 Å². The van der Waals surface area contributed by atoms with Crippen LogP contribution in [-0.4, -0.2) is 22.5 Å². The molecule has 0 fully saturated rings. The Labute approximate surface area is 168 Å². The lowest BCUT2D eigenvalue weighted by molar-refractivity contribution is -0.153. The largest absolute Gasteiger partial charge is 0.452 e. The van der Waals surface area contributed by atoms with Crippen LogP contribution in [0.3, 0.4) is 0 Å². The van der Waals surface area contributed by atoms with Gasteiger partial charge in [0.2, 0.25) is 0 Å². The number of rotatable bonds is 7. The van der Waals surface area contributed by atoms with Crippen molar-refractivity contribution in [3.8, 4) is 0 Å². The highest BCUT2D eigenvalue weighted by atomic mass is 16.5. The molecule has 1 amide bonds. The molecule has 0 radical (unpaired) electrons. The van der Waals surface area contributed by atoms with Crippen LogP contribution in [0.5, 0.6) is 0 Å². The number of para-hydroxylation sites is 3. The lowest BCUT2D eigenvalue weighted by atomic mass is 10.0. The molecule has 0 saturated carbocycles. The highest BCUT2D eigenvalue weighted by molar-refractivity contribution is 5.95. The summed E-state index contributed by atoms with van der Waals surface area (Å²) in [6.45, 7) is 5.70. The minimum absolute atomic E-state index is 0.0519. The quantitative estimate of drug-likeness (QED) is 0.615. The summed E-state index contributed by atoms with van der Waals surface area (Å²) in [6, 6.07) is 14.5. The first-order chi connectivity index (χ1) is 13.9. The topological polar surface area (TPSA) is 90.5 Å². The van der Waals surface area contributed by atoms with Crippen LogP contribution in [0.1, 0.15) is 38.7 Å². The second-order valence-corrected chi connectivity index (χ2v) is 7.10. The maximum absolute atomic E-state index is 12.4. The minimum Gasteiger partial charge on any atom is -0.452 e. The summed E-state index contributed by atoms with van der Waals surface area (Å²) in [5.74, 6) is -1.26. The summed E-state index contributed by atoms with van der Waals surface area (Å²) in [6.07, 6.45) is -1.01. The van der Waals surface area contributed by atoms with Gasteiger partial charge in [0.05, 0.1) is 11.9 Å². The number of nitrogens with one attached hydrogen (secondary N) is 1. The van der Waals surface area contributed by atoms with Gasteiger partial charge < -0.3 is 14.5 Å². The van der Waals surface area contributed by atoms with Gasteiger partial charge in [-0.05, 0) is 36.6 Å². The van der Waals surface area contributed by atoms with Crippen LogP contribution in [0.25, 0.3) is 11.1 Å².